The van der Waals surface area contributed by atoms with Crippen LogP contribution in [0.4, 0.5) is 34.1 Å². The van der Waals surface area contributed by atoms with Crippen molar-refractivity contribution >= 4 is 40.1 Å². The second-order valence-electron chi connectivity index (χ2n) is 12.7. The molecule has 236 valence electrons. The number of aryl methyl sites for hydroxylation is 6. The van der Waals surface area contributed by atoms with Gasteiger partial charge in [0, 0.05) is 34.9 Å². The minimum absolute atomic E-state index is 0.216. The number of ether oxygens (including phenoxy) is 1. The zero-order chi connectivity index (χ0) is 33.1. The highest BCUT2D eigenvalue weighted by molar-refractivity contribution is 5.90. The van der Waals surface area contributed by atoms with Crippen LogP contribution in [0.2, 0.25) is 0 Å². The first-order valence-corrected chi connectivity index (χ1v) is 16.2. The average Bonchev–Trinajstić information content (AvgIpc) is 3.02. The van der Waals surface area contributed by atoms with Gasteiger partial charge in [-0.3, -0.25) is 4.79 Å². The largest absolute Gasteiger partial charge is 0.426 e. The van der Waals surface area contributed by atoms with Gasteiger partial charge in [0.1, 0.15) is 5.75 Å². The van der Waals surface area contributed by atoms with Gasteiger partial charge in [0.05, 0.1) is 17.3 Å². The number of carbonyl (C=O) groups excluding carboxylic acids is 1. The standard InChI is InChI=1S/C42H46N2O2/c1-10-31(6)42(45)46-37-25-40(43(35-15-11-13-27(2)21-35)38-23-29(4)17-19-32(38)7)34(9)41(26-37)44(36-16-12-14-28(3)22-36)39-24-30(5)18-20-33(39)8/h11-26,31H,10H2,1-9H3. The number of esters is 1. The maximum Gasteiger partial charge on any atom is 0.314 e. The molecule has 0 saturated carbocycles. The Bertz CT molecular complexity index is 1770. The molecule has 5 rings (SSSR count). The third-order valence-corrected chi connectivity index (χ3v) is 8.77. The van der Waals surface area contributed by atoms with Crippen LogP contribution in [-0.2, 0) is 4.79 Å². The first kappa shape index (κ1) is 32.6. The van der Waals surface area contributed by atoms with Crippen LogP contribution in [0.25, 0.3) is 0 Å². The molecule has 0 aliphatic rings. The van der Waals surface area contributed by atoms with E-state index in [2.05, 4.69) is 143 Å². The summed E-state index contributed by atoms with van der Waals surface area (Å²) in [5.74, 6) is 0.0738. The summed E-state index contributed by atoms with van der Waals surface area (Å²) in [6, 6.07) is 34.3. The number of benzene rings is 5. The predicted molar refractivity (Wildman–Crippen MR) is 194 cm³/mol. The lowest BCUT2D eigenvalue weighted by atomic mass is 10.0. The Kier molecular flexibility index (Phi) is 9.67. The van der Waals surface area contributed by atoms with Gasteiger partial charge in [-0.2, -0.15) is 0 Å². The molecule has 0 bridgehead atoms. The molecule has 0 spiro atoms. The van der Waals surface area contributed by atoms with Gasteiger partial charge < -0.3 is 14.5 Å². The van der Waals surface area contributed by atoms with E-state index < -0.39 is 0 Å². The molecule has 0 heterocycles. The van der Waals surface area contributed by atoms with Crippen LogP contribution in [0.15, 0.2) is 97.1 Å². The molecule has 0 N–H and O–H groups in total. The third kappa shape index (κ3) is 6.87. The van der Waals surface area contributed by atoms with Crippen LogP contribution in [-0.4, -0.2) is 5.97 Å². The summed E-state index contributed by atoms with van der Waals surface area (Å²) in [6.45, 7) is 18.9. The molecule has 5 aromatic carbocycles. The minimum atomic E-state index is -0.231. The van der Waals surface area contributed by atoms with Crippen LogP contribution < -0.4 is 14.5 Å². The summed E-state index contributed by atoms with van der Waals surface area (Å²) in [4.78, 5) is 17.9. The fourth-order valence-corrected chi connectivity index (χ4v) is 5.84. The van der Waals surface area contributed by atoms with E-state index in [4.69, 9.17) is 4.74 Å². The van der Waals surface area contributed by atoms with Gasteiger partial charge in [-0.15, -0.1) is 0 Å². The van der Waals surface area contributed by atoms with E-state index in [9.17, 15) is 4.79 Å². The van der Waals surface area contributed by atoms with Crippen LogP contribution in [0.5, 0.6) is 5.75 Å². The highest BCUT2D eigenvalue weighted by Crippen LogP contribution is 2.47. The molecule has 0 amide bonds. The second-order valence-corrected chi connectivity index (χ2v) is 12.7. The number of nitrogens with zero attached hydrogens (tertiary/aromatic N) is 2. The van der Waals surface area contributed by atoms with Crippen molar-refractivity contribution < 1.29 is 9.53 Å². The SMILES string of the molecule is CCC(C)C(=O)Oc1cc(N(c2cccc(C)c2)c2cc(C)ccc2C)c(C)c(N(c2cccc(C)c2)c2cc(C)ccc2C)c1. The van der Waals surface area contributed by atoms with E-state index in [1.807, 2.05) is 26.0 Å². The van der Waals surface area contributed by atoms with E-state index in [1.165, 1.54) is 22.3 Å². The molecular formula is C42H46N2O2. The fraction of sp³-hybridized carbons (Fsp3) is 0.262. The monoisotopic (exact) mass is 610 g/mol. The van der Waals surface area contributed by atoms with Gasteiger partial charge in [-0.25, -0.2) is 0 Å². The van der Waals surface area contributed by atoms with Gasteiger partial charge in [-0.05, 0) is 130 Å². The van der Waals surface area contributed by atoms with E-state index in [0.29, 0.717) is 12.2 Å². The Balaban J connectivity index is 1.88. The number of hydrogen-bond acceptors (Lipinski definition) is 4. The molecule has 4 heteroatoms. The van der Waals surface area contributed by atoms with Crippen LogP contribution in [0.3, 0.4) is 0 Å². The molecule has 4 nitrogen and oxygen atoms in total. The fourth-order valence-electron chi connectivity index (χ4n) is 5.84. The van der Waals surface area contributed by atoms with Gasteiger partial charge in [0.15, 0.2) is 0 Å². The smallest absolute Gasteiger partial charge is 0.314 e. The van der Waals surface area contributed by atoms with Crippen molar-refractivity contribution in [3.05, 3.63) is 136 Å². The van der Waals surface area contributed by atoms with E-state index in [-0.39, 0.29) is 11.9 Å². The molecular weight excluding hydrogens is 564 g/mol. The molecule has 0 saturated heterocycles. The van der Waals surface area contributed by atoms with Crippen molar-refractivity contribution in [1.29, 1.82) is 0 Å². The number of anilines is 6. The molecule has 0 aliphatic carbocycles. The van der Waals surface area contributed by atoms with Crippen molar-refractivity contribution in [2.75, 3.05) is 9.80 Å². The molecule has 0 fully saturated rings. The lowest BCUT2D eigenvalue weighted by Gasteiger charge is -2.34. The number of hydrogen-bond donors (Lipinski definition) is 0. The normalized spacial score (nSPS) is 11.7. The summed E-state index contributed by atoms with van der Waals surface area (Å²) in [7, 11) is 0. The van der Waals surface area contributed by atoms with Gasteiger partial charge in [-0.1, -0.05) is 62.4 Å². The Labute approximate surface area is 275 Å². The van der Waals surface area contributed by atoms with Crippen molar-refractivity contribution in [3.63, 3.8) is 0 Å². The van der Waals surface area contributed by atoms with E-state index >= 15 is 0 Å². The Morgan fingerprint density at radius 2 is 1.02 bits per heavy atom. The molecule has 0 aromatic heterocycles. The van der Waals surface area contributed by atoms with Crippen molar-refractivity contribution in [3.8, 4) is 5.75 Å². The Morgan fingerprint density at radius 3 is 1.43 bits per heavy atom. The molecule has 0 aliphatic heterocycles. The van der Waals surface area contributed by atoms with E-state index in [0.717, 1.165) is 50.8 Å². The van der Waals surface area contributed by atoms with Crippen LogP contribution in [0.1, 0.15) is 59.2 Å². The zero-order valence-corrected chi connectivity index (χ0v) is 28.7. The third-order valence-electron chi connectivity index (χ3n) is 8.77. The van der Waals surface area contributed by atoms with Gasteiger partial charge >= 0.3 is 5.97 Å². The van der Waals surface area contributed by atoms with Crippen molar-refractivity contribution in [2.45, 2.75) is 68.7 Å². The second kappa shape index (κ2) is 13.7. The average molecular weight is 611 g/mol. The summed E-state index contributed by atoms with van der Waals surface area (Å²) in [5, 5.41) is 0. The lowest BCUT2D eigenvalue weighted by Crippen LogP contribution is -2.20. The lowest BCUT2D eigenvalue weighted by molar-refractivity contribution is -0.138. The van der Waals surface area contributed by atoms with E-state index in [1.54, 1.807) is 0 Å². The highest BCUT2D eigenvalue weighted by atomic mass is 16.5. The molecule has 5 aromatic rings. The molecule has 1 unspecified atom stereocenters. The summed E-state index contributed by atoms with van der Waals surface area (Å²) in [6.07, 6.45) is 0.709. The van der Waals surface area contributed by atoms with Crippen molar-refractivity contribution in [2.24, 2.45) is 5.92 Å². The van der Waals surface area contributed by atoms with Gasteiger partial charge in [0.2, 0.25) is 0 Å². The molecule has 1 atom stereocenters. The summed E-state index contributed by atoms with van der Waals surface area (Å²) < 4.78 is 6.21. The molecule has 0 radical (unpaired) electrons. The summed E-state index contributed by atoms with van der Waals surface area (Å²) in [5.41, 5.74) is 14.2. The predicted octanol–water partition coefficient (Wildman–Crippen LogP) is 11.7. The zero-order valence-electron chi connectivity index (χ0n) is 28.7. The first-order valence-electron chi connectivity index (χ1n) is 16.2. The first-order chi connectivity index (χ1) is 22.0. The van der Waals surface area contributed by atoms with Crippen LogP contribution in [0, 0.1) is 54.4 Å². The maximum atomic E-state index is 13.3. The van der Waals surface area contributed by atoms with Gasteiger partial charge in [0.25, 0.3) is 0 Å². The topological polar surface area (TPSA) is 32.8 Å². The number of carbonyl (C=O) groups is 1. The quantitative estimate of drug-likeness (QED) is 0.123. The van der Waals surface area contributed by atoms with Crippen molar-refractivity contribution in [1.82, 2.24) is 0 Å². The molecule has 46 heavy (non-hydrogen) atoms. The maximum absolute atomic E-state index is 13.3. The number of rotatable bonds is 9. The van der Waals surface area contributed by atoms with Crippen LogP contribution >= 0.6 is 0 Å². The summed E-state index contributed by atoms with van der Waals surface area (Å²) >= 11 is 0. The minimum Gasteiger partial charge on any atom is -0.426 e. The highest BCUT2D eigenvalue weighted by Gasteiger charge is 2.26. The Morgan fingerprint density at radius 1 is 0.587 bits per heavy atom. The Hall–Kier alpha value is -4.83.